The quantitative estimate of drug-likeness (QED) is 0.746. The third-order valence-corrected chi connectivity index (χ3v) is 5.36. The number of aliphatic hydroxyl groups excluding tert-OH is 1. The first-order valence-corrected chi connectivity index (χ1v) is 9.42. The largest absolute Gasteiger partial charge is 0.506 e. The average Bonchev–Trinajstić information content (AvgIpc) is 3.13. The van der Waals surface area contributed by atoms with Crippen LogP contribution in [-0.2, 0) is 9.53 Å². The van der Waals surface area contributed by atoms with Gasteiger partial charge in [-0.05, 0) is 44.2 Å². The summed E-state index contributed by atoms with van der Waals surface area (Å²) in [6.45, 7) is 4.00. The van der Waals surface area contributed by atoms with E-state index in [1.54, 1.807) is 18.3 Å². The number of carbonyl (C=O) groups excluding carboxylic acids is 1. The number of aliphatic imine (C=N–C) groups is 1. The summed E-state index contributed by atoms with van der Waals surface area (Å²) in [5.74, 6) is -0.642. The summed E-state index contributed by atoms with van der Waals surface area (Å²) in [6.07, 6.45) is 1.87. The highest BCUT2D eigenvalue weighted by Crippen LogP contribution is 2.40. The van der Waals surface area contributed by atoms with Crippen molar-refractivity contribution in [3.63, 3.8) is 0 Å². The van der Waals surface area contributed by atoms with Gasteiger partial charge in [-0.1, -0.05) is 30.0 Å². The van der Waals surface area contributed by atoms with Crippen LogP contribution in [0.5, 0.6) is 0 Å². The molecular formula is C19H17NO3S2. The number of esters is 1. The van der Waals surface area contributed by atoms with Gasteiger partial charge >= 0.3 is 5.97 Å². The van der Waals surface area contributed by atoms with Gasteiger partial charge in [0.05, 0.1) is 17.2 Å². The summed E-state index contributed by atoms with van der Waals surface area (Å²) >= 11 is 2.90. The molecule has 2 heterocycles. The van der Waals surface area contributed by atoms with Crippen molar-refractivity contribution in [3.05, 3.63) is 68.5 Å². The molecule has 0 radical (unpaired) electrons. The molecule has 1 aromatic carbocycles. The second kappa shape index (κ2) is 7.72. The number of aryl methyl sites for hydroxylation is 1. The van der Waals surface area contributed by atoms with E-state index in [1.165, 1.54) is 16.6 Å². The van der Waals surface area contributed by atoms with Gasteiger partial charge in [-0.3, -0.25) is 0 Å². The molecule has 128 valence electrons. The monoisotopic (exact) mass is 371 g/mol. The SMILES string of the molecule is CCOC(=O)C1=C(O)C(=Cc2ccc(C)s2)SC1=Nc1ccccc1. The van der Waals surface area contributed by atoms with Crippen LogP contribution in [0, 0.1) is 6.92 Å². The first kappa shape index (κ1) is 17.5. The number of benzene rings is 1. The third kappa shape index (κ3) is 4.03. The number of thioether (sulfide) groups is 1. The summed E-state index contributed by atoms with van der Waals surface area (Å²) in [7, 11) is 0. The van der Waals surface area contributed by atoms with Gasteiger partial charge in [0.15, 0.2) is 0 Å². The number of hydrogen-bond acceptors (Lipinski definition) is 6. The lowest BCUT2D eigenvalue weighted by atomic mass is 10.2. The van der Waals surface area contributed by atoms with E-state index in [0.29, 0.717) is 15.6 Å². The number of aliphatic hydroxyl groups is 1. The number of hydrogen-bond donors (Lipinski definition) is 1. The Morgan fingerprint density at radius 2 is 2.00 bits per heavy atom. The highest BCUT2D eigenvalue weighted by molar-refractivity contribution is 8.18. The van der Waals surface area contributed by atoms with E-state index in [9.17, 15) is 9.90 Å². The van der Waals surface area contributed by atoms with E-state index < -0.39 is 5.97 Å². The molecule has 0 aliphatic carbocycles. The van der Waals surface area contributed by atoms with E-state index >= 15 is 0 Å². The molecule has 25 heavy (non-hydrogen) atoms. The molecule has 3 rings (SSSR count). The minimum atomic E-state index is -0.562. The van der Waals surface area contributed by atoms with Crippen LogP contribution in [0.15, 0.2) is 63.7 Å². The predicted octanol–water partition coefficient (Wildman–Crippen LogP) is 5.25. The number of rotatable bonds is 4. The fourth-order valence-electron chi connectivity index (χ4n) is 2.27. The number of nitrogens with zero attached hydrogens (tertiary/aromatic N) is 1. The predicted molar refractivity (Wildman–Crippen MR) is 104 cm³/mol. The molecule has 0 saturated heterocycles. The minimum absolute atomic E-state index is 0.0795. The van der Waals surface area contributed by atoms with Gasteiger partial charge in [0.2, 0.25) is 0 Å². The van der Waals surface area contributed by atoms with Crippen LogP contribution in [0.1, 0.15) is 16.7 Å². The molecule has 6 heteroatoms. The zero-order valence-corrected chi connectivity index (χ0v) is 15.5. The summed E-state index contributed by atoms with van der Waals surface area (Å²) in [4.78, 5) is 19.6. The molecule has 0 fully saturated rings. The van der Waals surface area contributed by atoms with Crippen molar-refractivity contribution in [3.8, 4) is 0 Å². The first-order valence-electron chi connectivity index (χ1n) is 7.79. The topological polar surface area (TPSA) is 58.9 Å². The van der Waals surface area contributed by atoms with Crippen molar-refractivity contribution in [1.29, 1.82) is 0 Å². The Morgan fingerprint density at radius 1 is 1.24 bits per heavy atom. The first-order chi connectivity index (χ1) is 12.1. The lowest BCUT2D eigenvalue weighted by Crippen LogP contribution is -2.12. The molecule has 4 nitrogen and oxygen atoms in total. The average molecular weight is 371 g/mol. The van der Waals surface area contributed by atoms with Gasteiger partial charge in [-0.15, -0.1) is 11.3 Å². The van der Waals surface area contributed by atoms with Crippen LogP contribution in [0.25, 0.3) is 6.08 Å². The van der Waals surface area contributed by atoms with E-state index in [2.05, 4.69) is 4.99 Å². The standard InChI is InChI=1S/C19H17NO3S2/c1-3-23-19(22)16-17(21)15(11-14-10-9-12(2)24-14)25-18(16)20-13-7-5-4-6-8-13/h4-11,21H,3H2,1-2H3. The number of carbonyl (C=O) groups is 1. The highest BCUT2D eigenvalue weighted by Gasteiger charge is 2.33. The summed E-state index contributed by atoms with van der Waals surface area (Å²) < 4.78 is 5.09. The maximum Gasteiger partial charge on any atom is 0.344 e. The van der Waals surface area contributed by atoms with Crippen LogP contribution in [0.3, 0.4) is 0 Å². The van der Waals surface area contributed by atoms with Gasteiger partial charge in [0.1, 0.15) is 16.4 Å². The van der Waals surface area contributed by atoms with Crippen LogP contribution in [0.2, 0.25) is 0 Å². The summed E-state index contributed by atoms with van der Waals surface area (Å²) in [6, 6.07) is 13.3. The Hall–Kier alpha value is -2.31. The van der Waals surface area contributed by atoms with Crippen molar-refractivity contribution >= 4 is 45.9 Å². The molecule has 1 aliphatic heterocycles. The van der Waals surface area contributed by atoms with Gasteiger partial charge in [0.25, 0.3) is 0 Å². The molecule has 0 unspecified atom stereocenters. The van der Waals surface area contributed by atoms with E-state index in [4.69, 9.17) is 4.74 Å². The Morgan fingerprint density at radius 3 is 2.64 bits per heavy atom. The minimum Gasteiger partial charge on any atom is -0.506 e. The third-order valence-electron chi connectivity index (χ3n) is 3.39. The normalized spacial score (nSPS) is 17.5. The second-order valence-electron chi connectivity index (χ2n) is 5.26. The van der Waals surface area contributed by atoms with Gasteiger partial charge in [-0.25, -0.2) is 9.79 Å². The molecule has 0 bridgehead atoms. The van der Waals surface area contributed by atoms with Crippen molar-refractivity contribution in [2.24, 2.45) is 4.99 Å². The van der Waals surface area contributed by atoms with E-state index in [1.807, 2.05) is 55.5 Å². The van der Waals surface area contributed by atoms with Gasteiger partial charge < -0.3 is 9.84 Å². The molecule has 0 saturated carbocycles. The highest BCUT2D eigenvalue weighted by atomic mass is 32.2. The Balaban J connectivity index is 2.02. The van der Waals surface area contributed by atoms with Gasteiger partial charge in [-0.2, -0.15) is 0 Å². The number of thiophene rings is 1. The maximum atomic E-state index is 12.3. The number of para-hydroxylation sites is 1. The smallest absolute Gasteiger partial charge is 0.344 e. The second-order valence-corrected chi connectivity index (χ2v) is 7.61. The fraction of sp³-hybridized carbons (Fsp3) is 0.158. The summed E-state index contributed by atoms with van der Waals surface area (Å²) in [5, 5.41) is 11.0. The van der Waals surface area contributed by atoms with E-state index in [0.717, 1.165) is 4.88 Å². The van der Waals surface area contributed by atoms with Crippen molar-refractivity contribution in [2.75, 3.05) is 6.61 Å². The molecule has 1 N–H and O–H groups in total. The molecule has 2 aromatic rings. The lowest BCUT2D eigenvalue weighted by Gasteiger charge is -2.03. The molecule has 0 amide bonds. The van der Waals surface area contributed by atoms with Crippen molar-refractivity contribution in [2.45, 2.75) is 13.8 Å². The maximum absolute atomic E-state index is 12.3. The zero-order chi connectivity index (χ0) is 17.8. The van der Waals surface area contributed by atoms with Crippen LogP contribution in [-0.4, -0.2) is 22.7 Å². The Kier molecular flexibility index (Phi) is 5.40. The van der Waals surface area contributed by atoms with Crippen molar-refractivity contribution < 1.29 is 14.6 Å². The molecule has 0 spiro atoms. The number of ether oxygens (including phenoxy) is 1. The van der Waals surface area contributed by atoms with Crippen LogP contribution >= 0.6 is 23.1 Å². The lowest BCUT2D eigenvalue weighted by molar-refractivity contribution is -0.138. The fourth-order valence-corrected chi connectivity index (χ4v) is 4.19. The van der Waals surface area contributed by atoms with Crippen LogP contribution in [0.4, 0.5) is 5.69 Å². The van der Waals surface area contributed by atoms with Crippen LogP contribution < -0.4 is 0 Å². The molecular weight excluding hydrogens is 354 g/mol. The van der Waals surface area contributed by atoms with E-state index in [-0.39, 0.29) is 17.9 Å². The van der Waals surface area contributed by atoms with Crippen molar-refractivity contribution in [1.82, 2.24) is 0 Å². The Bertz CT molecular complexity index is 879. The Labute approximate surface area is 154 Å². The molecule has 0 atom stereocenters. The van der Waals surface area contributed by atoms with Gasteiger partial charge in [0, 0.05) is 9.75 Å². The summed E-state index contributed by atoms with van der Waals surface area (Å²) in [5.41, 5.74) is 0.836. The molecule has 1 aromatic heterocycles. The zero-order valence-electron chi connectivity index (χ0n) is 13.9. The molecule has 1 aliphatic rings.